The first-order chi connectivity index (χ1) is 10.8. The van der Waals surface area contributed by atoms with Crippen LogP contribution in [0.3, 0.4) is 0 Å². The third-order valence-electron chi connectivity index (χ3n) is 4.58. The van der Waals surface area contributed by atoms with E-state index in [2.05, 4.69) is 35.3 Å². The summed E-state index contributed by atoms with van der Waals surface area (Å²) in [5, 5.41) is 0. The van der Waals surface area contributed by atoms with E-state index in [1.54, 1.807) is 0 Å². The number of nitrogens with zero attached hydrogens (tertiary/aromatic N) is 1. The van der Waals surface area contributed by atoms with Gasteiger partial charge in [0.05, 0.1) is 0 Å². The van der Waals surface area contributed by atoms with Crippen molar-refractivity contribution >= 4 is 17.2 Å². The predicted molar refractivity (Wildman–Crippen MR) is 87.2 cm³/mol. The van der Waals surface area contributed by atoms with Crippen LogP contribution in [0.25, 0.3) is 0 Å². The number of ketones is 1. The van der Waals surface area contributed by atoms with Crippen LogP contribution in [0.4, 0.5) is 0 Å². The number of hydrogen-bond acceptors (Lipinski definition) is 2. The lowest BCUT2D eigenvalue weighted by atomic mass is 9.85. The monoisotopic (exact) mass is 291 g/mol. The average molecular weight is 291 g/mol. The fraction of sp³-hybridized carbons (Fsp3) is 0.316. The van der Waals surface area contributed by atoms with E-state index in [-0.39, 0.29) is 11.8 Å². The summed E-state index contributed by atoms with van der Waals surface area (Å²) in [6, 6.07) is 10.8. The number of aliphatic imine (C=N–C) groups is 1. The van der Waals surface area contributed by atoms with Crippen LogP contribution in [0.5, 0.6) is 0 Å². The maximum atomic E-state index is 11.6. The van der Waals surface area contributed by atoms with Crippen LogP contribution in [0.15, 0.2) is 58.6 Å². The van der Waals surface area contributed by atoms with Crippen molar-refractivity contribution in [3.8, 4) is 0 Å². The summed E-state index contributed by atoms with van der Waals surface area (Å²) in [5.74, 6) is 0.252. The average Bonchev–Trinajstić information content (AvgIpc) is 2.54. The third kappa shape index (κ3) is 2.47. The van der Waals surface area contributed by atoms with Crippen molar-refractivity contribution < 1.29 is 9.79 Å². The fourth-order valence-electron chi connectivity index (χ4n) is 3.44. The van der Waals surface area contributed by atoms with Crippen molar-refractivity contribution in [1.82, 2.24) is 0 Å². The molecule has 0 aromatic heterocycles. The van der Waals surface area contributed by atoms with Gasteiger partial charge < -0.3 is 0 Å². The Bertz CT molecular complexity index is 738. The van der Waals surface area contributed by atoms with Gasteiger partial charge in [-0.25, -0.2) is 4.99 Å². The molecule has 110 valence electrons. The van der Waals surface area contributed by atoms with Gasteiger partial charge in [-0.05, 0) is 24.1 Å². The third-order valence-corrected chi connectivity index (χ3v) is 4.58. The molecule has 4 rings (SSSR count). The van der Waals surface area contributed by atoms with Gasteiger partial charge in [-0.3, -0.25) is 9.79 Å². The molecule has 0 amide bonds. The highest BCUT2D eigenvalue weighted by Crippen LogP contribution is 2.22. The van der Waals surface area contributed by atoms with E-state index in [0.717, 1.165) is 37.1 Å². The van der Waals surface area contributed by atoms with Crippen molar-refractivity contribution in [2.45, 2.75) is 31.7 Å². The van der Waals surface area contributed by atoms with Gasteiger partial charge in [0.1, 0.15) is 5.71 Å². The van der Waals surface area contributed by atoms with Gasteiger partial charge >= 0.3 is 0 Å². The van der Waals surface area contributed by atoms with Gasteiger partial charge in [-0.15, -0.1) is 0 Å². The lowest BCUT2D eigenvalue weighted by Crippen LogP contribution is -2.83. The van der Waals surface area contributed by atoms with Crippen LogP contribution in [0, 0.1) is 0 Å². The Morgan fingerprint density at radius 3 is 2.86 bits per heavy atom. The molecule has 1 aromatic carbocycles. The fourth-order valence-corrected chi connectivity index (χ4v) is 3.44. The number of carbonyl (C=O) groups excluding carboxylic acids is 1. The molecular weight excluding hydrogens is 272 g/mol. The minimum absolute atomic E-state index is 0.252. The number of fused-ring (bicyclic) bond motifs is 2. The summed E-state index contributed by atoms with van der Waals surface area (Å²) in [4.78, 5) is 20.0. The first kappa shape index (κ1) is 13.4. The Kier molecular flexibility index (Phi) is 3.34. The first-order valence-corrected chi connectivity index (χ1v) is 7.96. The Balaban J connectivity index is 1.66. The molecule has 1 aromatic rings. The molecular formula is C19H19N2O+. The number of carbonyl (C=O) groups is 1. The van der Waals surface area contributed by atoms with Crippen molar-refractivity contribution in [2.75, 3.05) is 6.54 Å². The number of allylic oxidation sites excluding steroid dienone is 1. The summed E-state index contributed by atoms with van der Waals surface area (Å²) in [7, 11) is 0. The lowest BCUT2D eigenvalue weighted by Gasteiger charge is -2.23. The van der Waals surface area contributed by atoms with Gasteiger partial charge in [-0.2, -0.15) is 0 Å². The second-order valence-corrected chi connectivity index (χ2v) is 6.13. The molecule has 0 radical (unpaired) electrons. The Morgan fingerprint density at radius 2 is 2.00 bits per heavy atom. The molecule has 0 saturated carbocycles. The van der Waals surface area contributed by atoms with E-state index in [1.165, 1.54) is 16.8 Å². The Hall–Kier alpha value is -2.29. The van der Waals surface area contributed by atoms with Crippen LogP contribution in [-0.2, 0) is 11.2 Å². The second kappa shape index (κ2) is 5.48. The highest BCUT2D eigenvalue weighted by atomic mass is 16.1. The number of nitrogens with one attached hydrogen (secondary N) is 1. The first-order valence-electron chi connectivity index (χ1n) is 7.96. The van der Waals surface area contributed by atoms with Gasteiger partial charge in [0, 0.05) is 37.0 Å². The van der Waals surface area contributed by atoms with Crippen molar-refractivity contribution in [1.29, 1.82) is 0 Å². The number of rotatable bonds is 2. The molecule has 0 fully saturated rings. The Morgan fingerprint density at radius 1 is 1.14 bits per heavy atom. The van der Waals surface area contributed by atoms with E-state index < -0.39 is 0 Å². The van der Waals surface area contributed by atoms with Crippen molar-refractivity contribution in [2.24, 2.45) is 4.99 Å². The standard InChI is InChI=1S/C19H18N2O/c22-16-6-7-17-15(12-16)11-14-8-9-20-18(19(14)21-17)10-13-4-2-1-3-5-13/h1-5,11-12,17H,6-10H2/p+1. The largest absolute Gasteiger partial charge is 0.295 e. The Labute approximate surface area is 130 Å². The SMILES string of the molecule is O=C1C=C2C=C3CCN=C(Cc4ccccc4)C3=[NH+]C2CC1. The molecule has 0 spiro atoms. The highest BCUT2D eigenvalue weighted by Gasteiger charge is 2.34. The van der Waals surface area contributed by atoms with E-state index in [9.17, 15) is 4.79 Å². The minimum Gasteiger partial charge on any atom is -0.295 e. The zero-order chi connectivity index (χ0) is 14.9. The predicted octanol–water partition coefficient (Wildman–Crippen LogP) is 1.19. The molecule has 22 heavy (non-hydrogen) atoms. The molecule has 3 aliphatic rings. The molecule has 2 heterocycles. The molecule has 0 bridgehead atoms. The van der Waals surface area contributed by atoms with Crippen molar-refractivity contribution in [3.63, 3.8) is 0 Å². The summed E-state index contributed by atoms with van der Waals surface area (Å²) in [5.41, 5.74) is 6.09. The van der Waals surface area contributed by atoms with Crippen LogP contribution in [0.2, 0.25) is 0 Å². The topological polar surface area (TPSA) is 43.4 Å². The van der Waals surface area contributed by atoms with Crippen molar-refractivity contribution in [3.05, 3.63) is 59.2 Å². The van der Waals surface area contributed by atoms with E-state index >= 15 is 0 Å². The van der Waals surface area contributed by atoms with E-state index in [0.29, 0.717) is 6.42 Å². The molecule has 3 nitrogen and oxygen atoms in total. The smallest absolute Gasteiger partial charge is 0.223 e. The normalized spacial score (nSPS) is 23.6. The molecule has 0 saturated heterocycles. The lowest BCUT2D eigenvalue weighted by molar-refractivity contribution is -0.491. The van der Waals surface area contributed by atoms with Gasteiger partial charge in [-0.1, -0.05) is 30.3 Å². The highest BCUT2D eigenvalue weighted by molar-refractivity contribution is 6.47. The summed E-state index contributed by atoms with van der Waals surface area (Å²) >= 11 is 0. The maximum Gasteiger partial charge on any atom is 0.223 e. The zero-order valence-electron chi connectivity index (χ0n) is 12.5. The van der Waals surface area contributed by atoms with Gasteiger partial charge in [0.25, 0.3) is 0 Å². The molecule has 1 aliphatic carbocycles. The van der Waals surface area contributed by atoms with Crippen LogP contribution in [-0.4, -0.2) is 29.8 Å². The van der Waals surface area contributed by atoms with Gasteiger partial charge in [0.2, 0.25) is 5.71 Å². The quantitative estimate of drug-likeness (QED) is 0.874. The second-order valence-electron chi connectivity index (χ2n) is 6.13. The number of benzene rings is 1. The van der Waals surface area contributed by atoms with Gasteiger partial charge in [0.15, 0.2) is 11.8 Å². The van der Waals surface area contributed by atoms with Crippen LogP contribution >= 0.6 is 0 Å². The number of hydrogen-bond donors (Lipinski definition) is 1. The van der Waals surface area contributed by atoms with E-state index in [1.807, 2.05) is 12.1 Å². The summed E-state index contributed by atoms with van der Waals surface area (Å²) < 4.78 is 0. The maximum absolute atomic E-state index is 11.6. The molecule has 2 aliphatic heterocycles. The molecule has 1 atom stereocenters. The minimum atomic E-state index is 0.252. The molecule has 3 heteroatoms. The molecule has 1 N–H and O–H groups in total. The van der Waals surface area contributed by atoms with Crippen LogP contribution < -0.4 is 4.99 Å². The summed E-state index contributed by atoms with van der Waals surface area (Å²) in [6.07, 6.45) is 7.38. The van der Waals surface area contributed by atoms with Crippen LogP contribution in [0.1, 0.15) is 24.8 Å². The van der Waals surface area contributed by atoms with E-state index in [4.69, 9.17) is 4.99 Å². The zero-order valence-corrected chi connectivity index (χ0v) is 12.5. The molecule has 1 unspecified atom stereocenters. The summed E-state index contributed by atoms with van der Waals surface area (Å²) in [6.45, 7) is 0.838.